The maximum atomic E-state index is 14.3. The van der Waals surface area contributed by atoms with Gasteiger partial charge < -0.3 is 20.1 Å². The third kappa shape index (κ3) is 6.50. The van der Waals surface area contributed by atoms with Crippen molar-refractivity contribution in [1.82, 2.24) is 15.2 Å². The van der Waals surface area contributed by atoms with E-state index in [1.165, 1.54) is 11.0 Å². The zero-order chi connectivity index (χ0) is 24.2. The minimum Gasteiger partial charge on any atom is -0.480 e. The number of carboxylic acid groups (broad SMARTS) is 1. The number of aliphatic carboxylic acids is 1. The van der Waals surface area contributed by atoms with E-state index in [-0.39, 0.29) is 25.8 Å². The minimum absolute atomic E-state index is 0.0454. The van der Waals surface area contributed by atoms with Crippen LogP contribution in [0.4, 0.5) is 9.18 Å². The van der Waals surface area contributed by atoms with Crippen molar-refractivity contribution < 1.29 is 28.6 Å². The summed E-state index contributed by atoms with van der Waals surface area (Å²) in [4.78, 5) is 42.8. The second kappa shape index (κ2) is 9.97. The monoisotopic (exact) mass is 457 g/mol. The quantitative estimate of drug-likeness (QED) is 0.690. The number of amides is 2. The molecule has 3 rings (SSSR count). The Hall–Kier alpha value is -3.49. The molecule has 1 unspecified atom stereocenters. The Morgan fingerprint density at radius 2 is 1.97 bits per heavy atom. The van der Waals surface area contributed by atoms with Crippen LogP contribution in [0.15, 0.2) is 42.7 Å². The van der Waals surface area contributed by atoms with E-state index in [1.54, 1.807) is 57.4 Å². The number of benzene rings is 1. The third-order valence-electron chi connectivity index (χ3n) is 5.31. The molecule has 176 valence electrons. The van der Waals surface area contributed by atoms with Gasteiger partial charge in [-0.1, -0.05) is 18.2 Å². The van der Waals surface area contributed by atoms with Crippen LogP contribution in [0.3, 0.4) is 0 Å². The molecule has 2 heterocycles. The van der Waals surface area contributed by atoms with Crippen LogP contribution in [0, 0.1) is 5.82 Å². The largest absolute Gasteiger partial charge is 0.480 e. The SMILES string of the molecule is CC(C)(C)OC(=O)N[C@@H](CC(=O)N1Cc2ccncc2CC1C(=O)O)Cc1ccccc1F. The highest BCUT2D eigenvalue weighted by Crippen LogP contribution is 2.24. The molecule has 2 atom stereocenters. The number of nitrogens with zero attached hydrogens (tertiary/aromatic N) is 2. The number of hydrogen-bond donors (Lipinski definition) is 2. The number of alkyl carbamates (subject to hydrolysis) is 1. The van der Waals surface area contributed by atoms with Gasteiger partial charge in [0.05, 0.1) is 0 Å². The molecule has 0 spiro atoms. The van der Waals surface area contributed by atoms with E-state index in [0.717, 1.165) is 11.1 Å². The summed E-state index contributed by atoms with van der Waals surface area (Å²) in [5.74, 6) is -2.03. The van der Waals surface area contributed by atoms with Crippen molar-refractivity contribution in [2.45, 2.75) is 64.3 Å². The van der Waals surface area contributed by atoms with E-state index in [2.05, 4.69) is 10.3 Å². The van der Waals surface area contributed by atoms with E-state index < -0.39 is 41.5 Å². The lowest BCUT2D eigenvalue weighted by Gasteiger charge is -2.35. The van der Waals surface area contributed by atoms with Crippen molar-refractivity contribution in [2.75, 3.05) is 0 Å². The minimum atomic E-state index is -1.12. The molecule has 2 amide bonds. The highest BCUT2D eigenvalue weighted by atomic mass is 19.1. The summed E-state index contributed by atoms with van der Waals surface area (Å²) in [6, 6.07) is 6.01. The predicted molar refractivity (Wildman–Crippen MR) is 118 cm³/mol. The Bertz CT molecular complexity index is 1040. The summed E-state index contributed by atoms with van der Waals surface area (Å²) in [6.07, 6.45) is 2.44. The number of ether oxygens (including phenoxy) is 1. The second-order valence-corrected chi connectivity index (χ2v) is 9.07. The summed E-state index contributed by atoms with van der Waals surface area (Å²) >= 11 is 0. The van der Waals surface area contributed by atoms with Gasteiger partial charge in [-0.05, 0) is 56.0 Å². The molecular formula is C24H28FN3O5. The molecule has 1 aromatic heterocycles. The second-order valence-electron chi connectivity index (χ2n) is 9.07. The molecule has 0 saturated heterocycles. The first-order valence-corrected chi connectivity index (χ1v) is 10.7. The molecule has 1 aliphatic heterocycles. The number of fused-ring (bicyclic) bond motifs is 1. The van der Waals surface area contributed by atoms with Crippen LogP contribution in [0.2, 0.25) is 0 Å². The fourth-order valence-corrected chi connectivity index (χ4v) is 3.79. The number of carbonyl (C=O) groups excluding carboxylic acids is 2. The van der Waals surface area contributed by atoms with Crippen molar-refractivity contribution >= 4 is 18.0 Å². The lowest BCUT2D eigenvalue weighted by atomic mass is 9.94. The molecule has 0 bridgehead atoms. The molecular weight excluding hydrogens is 429 g/mol. The number of hydrogen-bond acceptors (Lipinski definition) is 5. The van der Waals surface area contributed by atoms with Gasteiger partial charge in [-0.25, -0.2) is 14.0 Å². The van der Waals surface area contributed by atoms with Gasteiger partial charge in [0.2, 0.25) is 5.91 Å². The topological polar surface area (TPSA) is 109 Å². The molecule has 33 heavy (non-hydrogen) atoms. The Morgan fingerprint density at radius 3 is 2.64 bits per heavy atom. The maximum absolute atomic E-state index is 14.3. The van der Waals surface area contributed by atoms with Gasteiger partial charge in [-0.3, -0.25) is 9.78 Å². The first-order valence-electron chi connectivity index (χ1n) is 10.7. The highest BCUT2D eigenvalue weighted by Gasteiger charge is 2.36. The Morgan fingerprint density at radius 1 is 1.24 bits per heavy atom. The maximum Gasteiger partial charge on any atom is 0.407 e. The van der Waals surface area contributed by atoms with Crippen LogP contribution in [-0.4, -0.2) is 50.6 Å². The number of carboxylic acids is 1. The number of rotatable bonds is 6. The summed E-state index contributed by atoms with van der Waals surface area (Å²) in [6.45, 7) is 5.25. The van der Waals surface area contributed by atoms with Crippen LogP contribution < -0.4 is 5.32 Å². The highest BCUT2D eigenvalue weighted by molar-refractivity contribution is 5.85. The Labute approximate surface area is 191 Å². The molecule has 8 nitrogen and oxygen atoms in total. The zero-order valence-corrected chi connectivity index (χ0v) is 18.9. The molecule has 1 aromatic carbocycles. The number of carbonyl (C=O) groups is 3. The van der Waals surface area contributed by atoms with Crippen LogP contribution in [0.5, 0.6) is 0 Å². The van der Waals surface area contributed by atoms with Crippen molar-refractivity contribution in [3.05, 3.63) is 65.2 Å². The van der Waals surface area contributed by atoms with Crippen molar-refractivity contribution in [3.63, 3.8) is 0 Å². The molecule has 9 heteroatoms. The molecule has 0 fully saturated rings. The van der Waals surface area contributed by atoms with E-state index in [0.29, 0.717) is 5.56 Å². The number of aromatic nitrogens is 1. The average Bonchev–Trinajstić information content (AvgIpc) is 2.72. The fourth-order valence-electron chi connectivity index (χ4n) is 3.79. The summed E-state index contributed by atoms with van der Waals surface area (Å²) in [5, 5.41) is 12.4. The standard InChI is InChI=1S/C24H28FN3O5/c1-24(2,3)33-23(32)27-18(10-15-6-4-5-7-19(15)25)12-21(29)28-14-16-8-9-26-13-17(16)11-20(28)22(30)31/h4-9,13,18,20H,10-12,14H2,1-3H3,(H,27,32)(H,30,31)/t18-,20?/m1/s1. The molecule has 2 N–H and O–H groups in total. The normalized spacial score (nSPS) is 16.5. The smallest absolute Gasteiger partial charge is 0.407 e. The summed E-state index contributed by atoms with van der Waals surface area (Å²) < 4.78 is 19.6. The van der Waals surface area contributed by atoms with Crippen molar-refractivity contribution in [2.24, 2.45) is 0 Å². The predicted octanol–water partition coefficient (Wildman–Crippen LogP) is 3.08. The molecule has 0 saturated carbocycles. The summed E-state index contributed by atoms with van der Waals surface area (Å²) in [7, 11) is 0. The molecule has 0 radical (unpaired) electrons. The Kier molecular flexibility index (Phi) is 7.30. The van der Waals surface area contributed by atoms with Crippen LogP contribution in [0.1, 0.15) is 43.9 Å². The van der Waals surface area contributed by atoms with Crippen LogP contribution in [0.25, 0.3) is 0 Å². The van der Waals surface area contributed by atoms with Crippen molar-refractivity contribution in [3.8, 4) is 0 Å². The van der Waals surface area contributed by atoms with Gasteiger partial charge in [0, 0.05) is 37.8 Å². The van der Waals surface area contributed by atoms with Crippen LogP contribution in [-0.2, 0) is 33.7 Å². The van der Waals surface area contributed by atoms with E-state index in [9.17, 15) is 23.9 Å². The van der Waals surface area contributed by atoms with E-state index >= 15 is 0 Å². The average molecular weight is 458 g/mol. The summed E-state index contributed by atoms with van der Waals surface area (Å²) in [5.41, 5.74) is 1.18. The van der Waals surface area contributed by atoms with Gasteiger partial charge in [0.1, 0.15) is 17.5 Å². The molecule has 2 aromatic rings. The first-order chi connectivity index (χ1) is 15.5. The third-order valence-corrected chi connectivity index (χ3v) is 5.31. The van der Waals surface area contributed by atoms with Crippen LogP contribution >= 0.6 is 0 Å². The fraction of sp³-hybridized carbons (Fsp3) is 0.417. The lowest BCUT2D eigenvalue weighted by Crippen LogP contribution is -2.51. The number of nitrogens with one attached hydrogen (secondary N) is 1. The Balaban J connectivity index is 1.81. The first kappa shape index (κ1) is 24.2. The van der Waals surface area contributed by atoms with Gasteiger partial charge in [0.25, 0.3) is 0 Å². The zero-order valence-electron chi connectivity index (χ0n) is 18.9. The molecule has 1 aliphatic rings. The van der Waals surface area contributed by atoms with Gasteiger partial charge in [-0.2, -0.15) is 0 Å². The van der Waals surface area contributed by atoms with Gasteiger partial charge >= 0.3 is 12.1 Å². The van der Waals surface area contributed by atoms with Gasteiger partial charge in [-0.15, -0.1) is 0 Å². The van der Waals surface area contributed by atoms with E-state index in [1.807, 2.05) is 0 Å². The number of halogens is 1. The lowest BCUT2D eigenvalue weighted by molar-refractivity contribution is -0.151. The van der Waals surface area contributed by atoms with E-state index in [4.69, 9.17) is 4.74 Å². The molecule has 0 aliphatic carbocycles. The number of pyridine rings is 1. The van der Waals surface area contributed by atoms with Crippen molar-refractivity contribution in [1.29, 1.82) is 0 Å². The van der Waals surface area contributed by atoms with Gasteiger partial charge in [0.15, 0.2) is 0 Å².